The van der Waals surface area contributed by atoms with Gasteiger partial charge < -0.3 is 4.57 Å². The highest BCUT2D eigenvalue weighted by atomic mass is 16.2. The minimum Gasteiger partial charge on any atom is -0.348 e. The van der Waals surface area contributed by atoms with Gasteiger partial charge in [-0.25, -0.2) is 5.01 Å². The Bertz CT molecular complexity index is 656. The maximum Gasteiger partial charge on any atom is 0.240 e. The third kappa shape index (κ3) is 1.93. The molecule has 0 saturated carbocycles. The summed E-state index contributed by atoms with van der Waals surface area (Å²) in [5.74, 6) is -0.00928. The second-order valence-electron chi connectivity index (χ2n) is 4.83. The molecule has 0 spiro atoms. The zero-order chi connectivity index (χ0) is 13.4. The van der Waals surface area contributed by atoms with Gasteiger partial charge in [0.15, 0.2) is 0 Å². The minimum absolute atomic E-state index is 0.00928. The van der Waals surface area contributed by atoms with E-state index in [1.54, 1.807) is 11.9 Å². The van der Waals surface area contributed by atoms with Crippen molar-refractivity contribution in [1.29, 1.82) is 0 Å². The van der Waals surface area contributed by atoms with Crippen LogP contribution in [0.15, 0.2) is 35.6 Å². The van der Waals surface area contributed by atoms with Crippen LogP contribution in [0.3, 0.4) is 0 Å². The number of hydrogen-bond acceptors (Lipinski definition) is 2. The van der Waals surface area contributed by atoms with Gasteiger partial charge in [-0.1, -0.05) is 6.07 Å². The topological polar surface area (TPSA) is 37.6 Å². The molecule has 0 radical (unpaired) electrons. The number of carbonyl (C=O) groups is 1. The van der Waals surface area contributed by atoms with E-state index < -0.39 is 0 Å². The van der Waals surface area contributed by atoms with Crippen molar-refractivity contribution < 1.29 is 4.79 Å². The molecule has 3 rings (SSSR count). The maximum atomic E-state index is 11.6. The number of aromatic nitrogens is 1. The Morgan fingerprint density at radius 1 is 1.42 bits per heavy atom. The number of aryl methyl sites for hydroxylation is 1. The fourth-order valence-electron chi connectivity index (χ4n) is 2.69. The van der Waals surface area contributed by atoms with Crippen LogP contribution in [-0.4, -0.2) is 21.7 Å². The summed E-state index contributed by atoms with van der Waals surface area (Å²) in [5, 5.41) is 6.93. The predicted molar refractivity (Wildman–Crippen MR) is 76.0 cm³/mol. The molecule has 19 heavy (non-hydrogen) atoms. The zero-order valence-electron chi connectivity index (χ0n) is 11.2. The van der Waals surface area contributed by atoms with Gasteiger partial charge in [0.25, 0.3) is 0 Å². The van der Waals surface area contributed by atoms with E-state index in [1.807, 2.05) is 6.21 Å². The summed E-state index contributed by atoms with van der Waals surface area (Å²) in [7, 11) is 0. The van der Waals surface area contributed by atoms with Crippen molar-refractivity contribution in [3.05, 3.63) is 36.0 Å². The lowest BCUT2D eigenvalue weighted by Crippen LogP contribution is -2.24. The zero-order valence-corrected chi connectivity index (χ0v) is 11.2. The van der Waals surface area contributed by atoms with E-state index in [0.29, 0.717) is 0 Å². The maximum absolute atomic E-state index is 11.6. The smallest absolute Gasteiger partial charge is 0.240 e. The molecule has 1 unspecified atom stereocenters. The Labute approximate surface area is 112 Å². The molecular formula is C15H17N3O. The Hall–Kier alpha value is -2.10. The van der Waals surface area contributed by atoms with Gasteiger partial charge in [0.1, 0.15) is 0 Å². The Balaban J connectivity index is 2.00. The van der Waals surface area contributed by atoms with Crippen LogP contribution in [0.5, 0.6) is 0 Å². The van der Waals surface area contributed by atoms with Gasteiger partial charge in [-0.3, -0.25) is 4.79 Å². The second kappa shape index (κ2) is 4.53. The fourth-order valence-corrected chi connectivity index (χ4v) is 2.69. The number of carbonyl (C=O) groups excluding carboxylic acids is 1. The summed E-state index contributed by atoms with van der Waals surface area (Å²) in [6, 6.07) is 8.56. The third-order valence-electron chi connectivity index (χ3n) is 3.67. The summed E-state index contributed by atoms with van der Waals surface area (Å²) in [4.78, 5) is 11.6. The first-order valence-corrected chi connectivity index (χ1v) is 6.61. The molecule has 1 aliphatic rings. The highest BCUT2D eigenvalue weighted by Gasteiger charge is 2.25. The molecule has 2 aromatic rings. The summed E-state index contributed by atoms with van der Waals surface area (Å²) >= 11 is 0. The van der Waals surface area contributed by atoms with Crippen molar-refractivity contribution in [2.45, 2.75) is 32.9 Å². The number of rotatable bonds is 2. The highest BCUT2D eigenvalue weighted by molar-refractivity contribution is 5.82. The Kier molecular flexibility index (Phi) is 2.85. The second-order valence-corrected chi connectivity index (χ2v) is 4.83. The van der Waals surface area contributed by atoms with Gasteiger partial charge in [-0.2, -0.15) is 5.10 Å². The van der Waals surface area contributed by atoms with Crippen molar-refractivity contribution in [3.8, 4) is 0 Å². The molecule has 0 N–H and O–H groups in total. The van der Waals surface area contributed by atoms with Gasteiger partial charge in [0.2, 0.25) is 5.91 Å². The molecule has 1 aromatic carbocycles. The third-order valence-corrected chi connectivity index (χ3v) is 3.67. The predicted octanol–water partition coefficient (Wildman–Crippen LogP) is 2.94. The van der Waals surface area contributed by atoms with Crippen molar-refractivity contribution in [3.63, 3.8) is 0 Å². The first kappa shape index (κ1) is 12.0. The number of hydrogen-bond donors (Lipinski definition) is 0. The van der Waals surface area contributed by atoms with E-state index in [0.717, 1.165) is 18.5 Å². The number of benzene rings is 1. The lowest BCUT2D eigenvalue weighted by atomic mass is 10.0. The average Bonchev–Trinajstić information content (AvgIpc) is 3.04. The summed E-state index contributed by atoms with van der Waals surface area (Å²) < 4.78 is 2.22. The molecule has 1 aromatic heterocycles. The molecular weight excluding hydrogens is 238 g/mol. The molecule has 0 bridgehead atoms. The van der Waals surface area contributed by atoms with Gasteiger partial charge in [0.05, 0.1) is 6.04 Å². The van der Waals surface area contributed by atoms with Crippen LogP contribution < -0.4 is 0 Å². The lowest BCUT2D eigenvalue weighted by Gasteiger charge is -2.20. The summed E-state index contributed by atoms with van der Waals surface area (Å²) in [6.07, 6.45) is 4.70. The molecule has 98 valence electrons. The summed E-state index contributed by atoms with van der Waals surface area (Å²) in [5.41, 5.74) is 2.38. The molecule has 1 amide bonds. The highest BCUT2D eigenvalue weighted by Crippen LogP contribution is 2.30. The summed E-state index contributed by atoms with van der Waals surface area (Å²) in [6.45, 7) is 4.66. The Morgan fingerprint density at radius 2 is 2.26 bits per heavy atom. The van der Waals surface area contributed by atoms with Crippen LogP contribution in [0.25, 0.3) is 10.9 Å². The van der Waals surface area contributed by atoms with Crippen LogP contribution in [-0.2, 0) is 11.3 Å². The van der Waals surface area contributed by atoms with Crippen LogP contribution in [0.2, 0.25) is 0 Å². The lowest BCUT2D eigenvalue weighted by molar-refractivity contribution is -0.130. The number of amides is 1. The monoisotopic (exact) mass is 255 g/mol. The number of fused-ring (bicyclic) bond motifs is 1. The van der Waals surface area contributed by atoms with Crippen LogP contribution in [0.1, 0.15) is 31.9 Å². The van der Waals surface area contributed by atoms with Gasteiger partial charge >= 0.3 is 0 Å². The first-order valence-electron chi connectivity index (χ1n) is 6.61. The molecule has 4 nitrogen and oxygen atoms in total. The van der Waals surface area contributed by atoms with E-state index in [9.17, 15) is 4.79 Å². The SMILES string of the molecule is CCn1ccc2cc(C3CC=NN3C(C)=O)ccc21. The molecule has 0 fully saturated rings. The van der Waals surface area contributed by atoms with Crippen LogP contribution >= 0.6 is 0 Å². The molecule has 0 saturated heterocycles. The largest absolute Gasteiger partial charge is 0.348 e. The van der Waals surface area contributed by atoms with Crippen molar-refractivity contribution in [2.24, 2.45) is 5.10 Å². The molecule has 4 heteroatoms. The average molecular weight is 255 g/mol. The molecule has 1 aliphatic heterocycles. The number of hydrazone groups is 1. The van der Waals surface area contributed by atoms with Crippen molar-refractivity contribution in [2.75, 3.05) is 0 Å². The van der Waals surface area contributed by atoms with Gasteiger partial charge in [-0.15, -0.1) is 0 Å². The van der Waals surface area contributed by atoms with Gasteiger partial charge in [0, 0.05) is 37.8 Å². The normalized spacial score (nSPS) is 18.4. The first-order chi connectivity index (χ1) is 9.20. The molecule has 0 aliphatic carbocycles. The van der Waals surface area contributed by atoms with E-state index in [1.165, 1.54) is 10.9 Å². The molecule has 1 atom stereocenters. The van der Waals surface area contributed by atoms with Crippen LogP contribution in [0.4, 0.5) is 0 Å². The Morgan fingerprint density at radius 3 is 3.00 bits per heavy atom. The van der Waals surface area contributed by atoms with E-state index in [-0.39, 0.29) is 11.9 Å². The molecule has 2 heterocycles. The van der Waals surface area contributed by atoms with E-state index in [4.69, 9.17) is 0 Å². The van der Waals surface area contributed by atoms with Crippen molar-refractivity contribution in [1.82, 2.24) is 9.58 Å². The minimum atomic E-state index is -0.00928. The fraction of sp³-hybridized carbons (Fsp3) is 0.333. The van der Waals surface area contributed by atoms with E-state index >= 15 is 0 Å². The van der Waals surface area contributed by atoms with Crippen LogP contribution in [0, 0.1) is 0 Å². The van der Waals surface area contributed by atoms with Gasteiger partial charge in [-0.05, 0) is 36.1 Å². The van der Waals surface area contributed by atoms with Crippen molar-refractivity contribution >= 4 is 23.0 Å². The standard InChI is InChI=1S/C15H17N3O/c1-3-17-9-7-13-10-12(4-5-14(13)17)15-6-8-16-18(15)11(2)19/h4-5,7-10,15H,3,6H2,1-2H3. The van der Waals surface area contributed by atoms with E-state index in [2.05, 4.69) is 47.1 Å². The number of nitrogens with zero attached hydrogens (tertiary/aromatic N) is 3. The quantitative estimate of drug-likeness (QED) is 0.813.